The number of aliphatic carboxylic acids is 1. The lowest BCUT2D eigenvalue weighted by molar-refractivity contribution is -0.149. The van der Waals surface area contributed by atoms with Gasteiger partial charge in [-0.05, 0) is 51.6 Å². The lowest BCUT2D eigenvalue weighted by Crippen LogP contribution is -2.42. The predicted molar refractivity (Wildman–Crippen MR) is 131 cm³/mol. The molecule has 1 aliphatic heterocycles. The van der Waals surface area contributed by atoms with Gasteiger partial charge in [-0.15, -0.1) is 11.3 Å². The molecule has 1 unspecified atom stereocenters. The summed E-state index contributed by atoms with van der Waals surface area (Å²) < 4.78 is 5.45. The van der Waals surface area contributed by atoms with Crippen molar-refractivity contribution in [2.45, 2.75) is 18.4 Å². The molecule has 2 aromatic carbocycles. The molecule has 0 fully saturated rings. The summed E-state index contributed by atoms with van der Waals surface area (Å²) in [6.07, 6.45) is -0.0275. The van der Waals surface area contributed by atoms with Crippen molar-refractivity contribution in [2.24, 2.45) is 0 Å². The molecule has 0 radical (unpaired) electrons. The number of carbonyl (C=O) groups excluding carboxylic acids is 2. The van der Waals surface area contributed by atoms with E-state index in [1.165, 1.54) is 16.2 Å². The maximum Gasteiger partial charge on any atom is 0.407 e. The van der Waals surface area contributed by atoms with Crippen molar-refractivity contribution in [1.29, 1.82) is 0 Å². The third kappa shape index (κ3) is 4.38. The Bertz CT molecular complexity index is 1320. The summed E-state index contributed by atoms with van der Waals surface area (Å²) in [5.74, 6) is 3.34. The summed E-state index contributed by atoms with van der Waals surface area (Å²) in [5, 5.41) is 14.0. The van der Waals surface area contributed by atoms with Crippen LogP contribution in [0.2, 0.25) is 0 Å². The summed E-state index contributed by atoms with van der Waals surface area (Å²) in [6, 6.07) is 16.9. The van der Waals surface area contributed by atoms with Gasteiger partial charge in [-0.3, -0.25) is 4.79 Å². The Morgan fingerprint density at radius 3 is 2.40 bits per heavy atom. The third-order valence-corrected chi connectivity index (χ3v) is 7.32. The summed E-state index contributed by atoms with van der Waals surface area (Å²) in [6.45, 7) is 0.388. The second-order valence-corrected chi connectivity index (χ2v) is 9.27. The van der Waals surface area contributed by atoms with E-state index >= 15 is 0 Å². The molecule has 1 aromatic heterocycles. The highest BCUT2D eigenvalue weighted by Gasteiger charge is 2.36. The van der Waals surface area contributed by atoms with Crippen molar-refractivity contribution in [3.8, 4) is 23.0 Å². The first-order valence-electron chi connectivity index (χ1n) is 11.2. The van der Waals surface area contributed by atoms with E-state index in [-0.39, 0.29) is 25.6 Å². The number of carbonyl (C=O) groups is 3. The second-order valence-electron chi connectivity index (χ2n) is 8.27. The fourth-order valence-electron chi connectivity index (χ4n) is 4.76. The molecule has 0 bridgehead atoms. The van der Waals surface area contributed by atoms with Crippen molar-refractivity contribution < 1.29 is 24.2 Å². The number of hydrogen-bond acceptors (Lipinski definition) is 5. The number of benzene rings is 2. The Hall–Kier alpha value is -4.09. The molecular formula is C27H22N2O5S. The molecule has 2 aliphatic rings. The van der Waals surface area contributed by atoms with Gasteiger partial charge in [0.25, 0.3) is 5.91 Å². The zero-order valence-electron chi connectivity index (χ0n) is 18.7. The van der Waals surface area contributed by atoms with Gasteiger partial charge in [-0.1, -0.05) is 54.5 Å². The van der Waals surface area contributed by atoms with Gasteiger partial charge in [0, 0.05) is 17.3 Å². The standard InChI is InChI=1S/C27H22N2O5S/c30-24(29-14-11-23-21(12-15-35-23)25(29)26(31)32)10-5-13-28-27(33)34-16-22-19-8-3-1-6-17(19)18-7-2-4-9-20(18)22/h1-4,6-9,12,15,22,25H,11,13-14,16H2,(H,28,33)(H,31,32). The van der Waals surface area contributed by atoms with Gasteiger partial charge in [0.15, 0.2) is 6.04 Å². The number of nitrogens with zero attached hydrogens (tertiary/aromatic N) is 1. The number of hydrogen-bond donors (Lipinski definition) is 2. The van der Waals surface area contributed by atoms with E-state index < -0.39 is 24.0 Å². The highest BCUT2D eigenvalue weighted by Crippen LogP contribution is 2.44. The Morgan fingerprint density at radius 1 is 1.03 bits per heavy atom. The maximum atomic E-state index is 12.6. The average molecular weight is 487 g/mol. The van der Waals surface area contributed by atoms with Crippen LogP contribution >= 0.6 is 11.3 Å². The van der Waals surface area contributed by atoms with Crippen LogP contribution in [0.25, 0.3) is 11.1 Å². The largest absolute Gasteiger partial charge is 0.479 e. The van der Waals surface area contributed by atoms with Crippen molar-refractivity contribution >= 4 is 29.3 Å². The van der Waals surface area contributed by atoms with E-state index in [0.29, 0.717) is 12.0 Å². The van der Waals surface area contributed by atoms with Crippen LogP contribution in [-0.4, -0.2) is 47.7 Å². The minimum Gasteiger partial charge on any atom is -0.479 e. The predicted octanol–water partition coefficient (Wildman–Crippen LogP) is 3.80. The Balaban J connectivity index is 1.16. The van der Waals surface area contributed by atoms with Gasteiger partial charge in [0.2, 0.25) is 0 Å². The van der Waals surface area contributed by atoms with Crippen molar-refractivity contribution in [3.63, 3.8) is 0 Å². The number of carboxylic acids is 1. The number of rotatable bonds is 4. The van der Waals surface area contributed by atoms with Gasteiger partial charge in [-0.2, -0.15) is 0 Å². The lowest BCUT2D eigenvalue weighted by atomic mass is 9.98. The van der Waals surface area contributed by atoms with Gasteiger partial charge in [-0.25, -0.2) is 9.59 Å². The molecule has 35 heavy (non-hydrogen) atoms. The molecule has 2 amide bonds. The molecule has 0 saturated carbocycles. The Morgan fingerprint density at radius 2 is 1.71 bits per heavy atom. The number of nitrogens with one attached hydrogen (secondary N) is 1. The minimum atomic E-state index is -1.09. The SMILES string of the molecule is O=C(NCC#CC(=O)N1CCc2sccc2C1C(=O)O)OCC1c2ccccc2-c2ccccc21. The molecular weight excluding hydrogens is 464 g/mol. The number of ether oxygens (including phenoxy) is 1. The molecule has 3 aromatic rings. The zero-order valence-corrected chi connectivity index (χ0v) is 19.5. The average Bonchev–Trinajstić information content (AvgIpc) is 3.47. The molecule has 0 saturated heterocycles. The fraction of sp³-hybridized carbons (Fsp3) is 0.222. The summed E-state index contributed by atoms with van der Waals surface area (Å²) in [4.78, 5) is 38.8. The number of amides is 2. The molecule has 1 atom stereocenters. The smallest absolute Gasteiger partial charge is 0.407 e. The monoisotopic (exact) mass is 486 g/mol. The Labute approximate surface area is 206 Å². The number of thiophene rings is 1. The van der Waals surface area contributed by atoms with E-state index in [9.17, 15) is 19.5 Å². The molecule has 1 aliphatic carbocycles. The van der Waals surface area contributed by atoms with Gasteiger partial charge in [0.05, 0.1) is 6.54 Å². The normalized spacial score (nSPS) is 15.8. The third-order valence-electron chi connectivity index (χ3n) is 6.32. The highest BCUT2D eigenvalue weighted by molar-refractivity contribution is 7.10. The van der Waals surface area contributed by atoms with E-state index in [2.05, 4.69) is 29.3 Å². The van der Waals surface area contributed by atoms with E-state index in [4.69, 9.17) is 4.74 Å². The van der Waals surface area contributed by atoms with Crippen LogP contribution in [0.15, 0.2) is 60.0 Å². The van der Waals surface area contributed by atoms with E-state index in [0.717, 1.165) is 27.1 Å². The van der Waals surface area contributed by atoms with Crippen LogP contribution in [0.3, 0.4) is 0 Å². The zero-order chi connectivity index (χ0) is 24.4. The first kappa shape index (κ1) is 22.7. The lowest BCUT2D eigenvalue weighted by Gasteiger charge is -2.31. The first-order chi connectivity index (χ1) is 17.0. The van der Waals surface area contributed by atoms with Crippen molar-refractivity contribution in [1.82, 2.24) is 10.2 Å². The van der Waals surface area contributed by atoms with Crippen LogP contribution in [-0.2, 0) is 20.7 Å². The van der Waals surface area contributed by atoms with Crippen molar-refractivity contribution in [3.05, 3.63) is 81.5 Å². The van der Waals surface area contributed by atoms with Crippen LogP contribution in [0, 0.1) is 11.8 Å². The highest BCUT2D eigenvalue weighted by atomic mass is 32.1. The number of fused-ring (bicyclic) bond motifs is 4. The maximum absolute atomic E-state index is 12.6. The van der Waals surface area contributed by atoms with Crippen LogP contribution in [0.5, 0.6) is 0 Å². The first-order valence-corrected chi connectivity index (χ1v) is 12.1. The second kappa shape index (κ2) is 9.65. The number of carboxylic acid groups (broad SMARTS) is 1. The fourth-order valence-corrected chi connectivity index (χ4v) is 5.66. The molecule has 8 heteroatoms. The minimum absolute atomic E-state index is 0.0464. The quantitative estimate of drug-likeness (QED) is 0.547. The molecule has 2 heterocycles. The molecule has 5 rings (SSSR count). The van der Waals surface area contributed by atoms with Crippen LogP contribution in [0.4, 0.5) is 4.79 Å². The topological polar surface area (TPSA) is 95.9 Å². The summed E-state index contributed by atoms with van der Waals surface area (Å²) in [5.41, 5.74) is 5.17. The molecule has 0 spiro atoms. The summed E-state index contributed by atoms with van der Waals surface area (Å²) in [7, 11) is 0. The molecule has 7 nitrogen and oxygen atoms in total. The van der Waals surface area contributed by atoms with E-state index in [1.807, 2.05) is 41.8 Å². The Kier molecular flexibility index (Phi) is 6.25. The van der Waals surface area contributed by atoms with Crippen molar-refractivity contribution in [2.75, 3.05) is 19.7 Å². The van der Waals surface area contributed by atoms with Gasteiger partial charge in [0.1, 0.15) is 6.61 Å². The van der Waals surface area contributed by atoms with Gasteiger partial charge >= 0.3 is 12.1 Å². The van der Waals surface area contributed by atoms with Crippen LogP contribution < -0.4 is 5.32 Å². The van der Waals surface area contributed by atoms with Gasteiger partial charge < -0.3 is 20.1 Å². The van der Waals surface area contributed by atoms with E-state index in [1.54, 1.807) is 6.07 Å². The van der Waals surface area contributed by atoms with Crippen LogP contribution in [0.1, 0.15) is 33.5 Å². The number of alkyl carbamates (subject to hydrolysis) is 1. The molecule has 2 N–H and O–H groups in total. The summed E-state index contributed by atoms with van der Waals surface area (Å²) >= 11 is 1.49. The molecule has 176 valence electrons.